The first-order chi connectivity index (χ1) is 12.1. The van der Waals surface area contributed by atoms with Crippen LogP contribution >= 0.6 is 0 Å². The Morgan fingerprint density at radius 2 is 1.80 bits per heavy atom. The van der Waals surface area contributed by atoms with Crippen molar-refractivity contribution in [3.8, 4) is 17.6 Å². The molecule has 3 nitrogen and oxygen atoms in total. The third kappa shape index (κ3) is 2.17. The highest BCUT2D eigenvalue weighted by molar-refractivity contribution is 6.13. The van der Waals surface area contributed by atoms with Crippen LogP contribution in [0, 0.1) is 11.3 Å². The summed E-state index contributed by atoms with van der Waals surface area (Å²) in [4.78, 5) is 0. The van der Waals surface area contributed by atoms with E-state index >= 15 is 0 Å². The van der Waals surface area contributed by atoms with Gasteiger partial charge in [-0.2, -0.15) is 5.26 Å². The minimum Gasteiger partial charge on any atom is -0.496 e. The van der Waals surface area contributed by atoms with Crippen molar-refractivity contribution in [1.29, 1.82) is 5.26 Å². The molecular formula is C22H21NO2. The summed E-state index contributed by atoms with van der Waals surface area (Å²) in [6, 6.07) is 15.0. The van der Waals surface area contributed by atoms with E-state index in [9.17, 15) is 5.26 Å². The molecule has 3 aromatic carbocycles. The van der Waals surface area contributed by atoms with E-state index < -0.39 is 5.41 Å². The lowest BCUT2D eigenvalue weighted by atomic mass is 9.71. The fourth-order valence-corrected chi connectivity index (χ4v) is 4.26. The predicted octanol–water partition coefficient (Wildman–Crippen LogP) is 5.13. The van der Waals surface area contributed by atoms with E-state index in [4.69, 9.17) is 9.47 Å². The molecule has 3 heteroatoms. The molecule has 0 amide bonds. The third-order valence-corrected chi connectivity index (χ3v) is 5.58. The van der Waals surface area contributed by atoms with Crippen molar-refractivity contribution in [3.63, 3.8) is 0 Å². The molecule has 0 saturated carbocycles. The van der Waals surface area contributed by atoms with Gasteiger partial charge in [0.2, 0.25) is 0 Å². The Kier molecular flexibility index (Phi) is 3.58. The molecule has 1 unspecified atom stereocenters. The van der Waals surface area contributed by atoms with Crippen molar-refractivity contribution >= 4 is 21.5 Å². The number of nitrogens with zero attached hydrogens (tertiary/aromatic N) is 1. The summed E-state index contributed by atoms with van der Waals surface area (Å²) in [6.45, 7) is 2.05. The van der Waals surface area contributed by atoms with Crippen LogP contribution in [-0.2, 0) is 11.8 Å². The average molecular weight is 331 g/mol. The Balaban J connectivity index is 2.15. The number of hydrogen-bond acceptors (Lipinski definition) is 3. The smallest absolute Gasteiger partial charge is 0.131 e. The van der Waals surface area contributed by atoms with Gasteiger partial charge in [0.15, 0.2) is 0 Å². The second kappa shape index (κ2) is 5.67. The lowest BCUT2D eigenvalue weighted by Crippen LogP contribution is -2.25. The first-order valence-corrected chi connectivity index (χ1v) is 8.64. The summed E-state index contributed by atoms with van der Waals surface area (Å²) in [5, 5.41) is 14.2. The summed E-state index contributed by atoms with van der Waals surface area (Å²) in [5.41, 5.74) is 2.05. The molecule has 0 spiro atoms. The van der Waals surface area contributed by atoms with Gasteiger partial charge < -0.3 is 9.47 Å². The van der Waals surface area contributed by atoms with Crippen LogP contribution in [0.15, 0.2) is 36.4 Å². The van der Waals surface area contributed by atoms with Crippen LogP contribution in [-0.4, -0.2) is 14.2 Å². The molecule has 1 atom stereocenters. The second-order valence-corrected chi connectivity index (χ2v) is 6.95. The van der Waals surface area contributed by atoms with Crippen LogP contribution in [0.25, 0.3) is 21.5 Å². The Morgan fingerprint density at radius 3 is 2.52 bits per heavy atom. The van der Waals surface area contributed by atoms with Crippen LogP contribution in [0.3, 0.4) is 0 Å². The van der Waals surface area contributed by atoms with Gasteiger partial charge in [0.25, 0.3) is 0 Å². The highest BCUT2D eigenvalue weighted by atomic mass is 16.5. The van der Waals surface area contributed by atoms with E-state index in [1.165, 1.54) is 16.3 Å². The summed E-state index contributed by atoms with van der Waals surface area (Å²) in [7, 11) is 3.38. The van der Waals surface area contributed by atoms with E-state index in [0.717, 1.165) is 47.1 Å². The number of methoxy groups -OCH3 is 2. The topological polar surface area (TPSA) is 42.2 Å². The Bertz CT molecular complexity index is 1030. The van der Waals surface area contributed by atoms with Gasteiger partial charge in [-0.3, -0.25) is 0 Å². The minimum absolute atomic E-state index is 0.404. The molecule has 0 bridgehead atoms. The number of rotatable bonds is 2. The lowest BCUT2D eigenvalue weighted by Gasteiger charge is -2.31. The SMILES string of the molecule is COc1cccc2c1c(OC)cc1c3c(ccc12)C(C)(C#N)CCC3. The minimum atomic E-state index is -0.404. The zero-order chi connectivity index (χ0) is 17.6. The molecule has 25 heavy (non-hydrogen) atoms. The largest absolute Gasteiger partial charge is 0.496 e. The van der Waals surface area contributed by atoms with Gasteiger partial charge in [-0.25, -0.2) is 0 Å². The van der Waals surface area contributed by atoms with Gasteiger partial charge >= 0.3 is 0 Å². The highest BCUT2D eigenvalue weighted by Gasteiger charge is 2.33. The standard InChI is InChI=1S/C22H21NO2/c1-22(13-23)11-5-7-15-17-12-20(25-3)21-16(6-4-8-19(21)24-2)14(17)9-10-18(15)22/h4,6,8-10,12H,5,7,11H2,1-3H3. The molecule has 0 heterocycles. The Labute approximate surface area is 147 Å². The third-order valence-electron chi connectivity index (χ3n) is 5.58. The van der Waals surface area contributed by atoms with Crippen molar-refractivity contribution < 1.29 is 9.47 Å². The fraction of sp³-hybridized carbons (Fsp3) is 0.318. The van der Waals surface area contributed by atoms with E-state index in [1.54, 1.807) is 14.2 Å². The number of hydrogen-bond donors (Lipinski definition) is 0. The molecule has 0 aromatic heterocycles. The monoisotopic (exact) mass is 331 g/mol. The molecule has 1 aliphatic carbocycles. The van der Waals surface area contributed by atoms with Crippen LogP contribution in [0.2, 0.25) is 0 Å². The Hall–Kier alpha value is -2.73. The first-order valence-electron chi connectivity index (χ1n) is 8.64. The number of fused-ring (bicyclic) bond motifs is 5. The average Bonchev–Trinajstić information content (AvgIpc) is 2.66. The summed E-state index contributed by atoms with van der Waals surface area (Å²) in [6.07, 6.45) is 2.96. The second-order valence-electron chi connectivity index (χ2n) is 6.95. The van der Waals surface area contributed by atoms with Gasteiger partial charge in [-0.1, -0.05) is 24.3 Å². The van der Waals surface area contributed by atoms with Crippen LogP contribution < -0.4 is 9.47 Å². The molecule has 3 aromatic rings. The molecule has 1 aliphatic rings. The van der Waals surface area contributed by atoms with Crippen LogP contribution in [0.1, 0.15) is 30.9 Å². The maximum Gasteiger partial charge on any atom is 0.131 e. The van der Waals surface area contributed by atoms with Crippen molar-refractivity contribution in [2.24, 2.45) is 0 Å². The zero-order valence-corrected chi connectivity index (χ0v) is 14.8. The fourth-order valence-electron chi connectivity index (χ4n) is 4.26. The number of aryl methyl sites for hydroxylation is 1. The Morgan fingerprint density at radius 1 is 1.00 bits per heavy atom. The van der Waals surface area contributed by atoms with E-state index in [1.807, 2.05) is 12.1 Å². The molecule has 0 radical (unpaired) electrons. The van der Waals surface area contributed by atoms with Crippen LogP contribution in [0.5, 0.6) is 11.5 Å². The first kappa shape index (κ1) is 15.8. The molecule has 0 saturated heterocycles. The maximum atomic E-state index is 9.72. The quantitative estimate of drug-likeness (QED) is 0.612. The lowest BCUT2D eigenvalue weighted by molar-refractivity contribution is 0.405. The molecule has 0 aliphatic heterocycles. The highest BCUT2D eigenvalue weighted by Crippen LogP contribution is 2.45. The number of benzene rings is 3. The van der Waals surface area contributed by atoms with Crippen molar-refractivity contribution in [2.45, 2.75) is 31.6 Å². The number of nitriles is 1. The zero-order valence-electron chi connectivity index (χ0n) is 14.8. The maximum absolute atomic E-state index is 9.72. The van der Waals surface area contributed by atoms with E-state index in [-0.39, 0.29) is 0 Å². The predicted molar refractivity (Wildman–Crippen MR) is 100 cm³/mol. The van der Waals surface area contributed by atoms with Crippen molar-refractivity contribution in [2.75, 3.05) is 14.2 Å². The summed E-state index contributed by atoms with van der Waals surface area (Å²) in [5.74, 6) is 1.63. The van der Waals surface area contributed by atoms with Gasteiger partial charge in [-0.15, -0.1) is 0 Å². The molecule has 0 fully saturated rings. The molecule has 4 rings (SSSR count). The van der Waals surface area contributed by atoms with Gasteiger partial charge in [0.1, 0.15) is 11.5 Å². The van der Waals surface area contributed by atoms with E-state index in [0.29, 0.717) is 0 Å². The van der Waals surface area contributed by atoms with Crippen molar-refractivity contribution in [3.05, 3.63) is 47.5 Å². The van der Waals surface area contributed by atoms with Crippen LogP contribution in [0.4, 0.5) is 0 Å². The number of ether oxygens (including phenoxy) is 2. The van der Waals surface area contributed by atoms with Crippen molar-refractivity contribution in [1.82, 2.24) is 0 Å². The summed E-state index contributed by atoms with van der Waals surface area (Å²) < 4.78 is 11.3. The van der Waals surface area contributed by atoms with Gasteiger partial charge in [0.05, 0.1) is 31.1 Å². The summed E-state index contributed by atoms with van der Waals surface area (Å²) >= 11 is 0. The van der Waals surface area contributed by atoms with Gasteiger partial charge in [0, 0.05) is 0 Å². The molecular weight excluding hydrogens is 310 g/mol. The normalized spacial score (nSPS) is 19.4. The molecule has 126 valence electrons. The van der Waals surface area contributed by atoms with E-state index in [2.05, 4.69) is 37.3 Å². The molecule has 0 N–H and O–H groups in total. The van der Waals surface area contributed by atoms with Gasteiger partial charge in [-0.05, 0) is 65.6 Å².